The lowest BCUT2D eigenvalue weighted by atomic mass is 10.0. The minimum Gasteiger partial charge on any atom is -0.370 e. The van der Waals surface area contributed by atoms with Crippen LogP contribution in [-0.4, -0.2) is 43.0 Å². The number of amides is 1. The summed E-state index contributed by atoms with van der Waals surface area (Å²) in [4.78, 5) is 19.2. The van der Waals surface area contributed by atoms with Crippen LogP contribution in [0, 0.1) is 0 Å². The van der Waals surface area contributed by atoms with Crippen molar-refractivity contribution in [3.63, 3.8) is 0 Å². The highest BCUT2D eigenvalue weighted by molar-refractivity contribution is 6.03. The molecule has 0 atom stereocenters. The third-order valence-corrected chi connectivity index (χ3v) is 5.33. The molecule has 1 spiro atoms. The van der Waals surface area contributed by atoms with Crippen molar-refractivity contribution in [1.82, 2.24) is 4.98 Å². The Bertz CT molecular complexity index is 791. The Morgan fingerprint density at radius 2 is 1.89 bits per heavy atom. The van der Waals surface area contributed by atoms with Crippen LogP contribution in [0.25, 0.3) is 0 Å². The van der Waals surface area contributed by atoms with Crippen LogP contribution in [0.1, 0.15) is 35.8 Å². The van der Waals surface area contributed by atoms with E-state index in [2.05, 4.69) is 22.1 Å². The number of hydrogen-bond acceptors (Lipinski definition) is 5. The number of nitrogens with one attached hydrogen (secondary N) is 1. The fraction of sp³-hybridized carbons (Fsp3) is 0.429. The van der Waals surface area contributed by atoms with Gasteiger partial charge in [0, 0.05) is 31.6 Å². The number of piperidine rings is 1. The number of pyridine rings is 1. The number of carbonyl (C=O) groups excluding carboxylic acids is 1. The van der Waals surface area contributed by atoms with Gasteiger partial charge in [-0.1, -0.05) is 25.1 Å². The molecule has 0 radical (unpaired) electrons. The van der Waals surface area contributed by atoms with Gasteiger partial charge in [0.15, 0.2) is 5.79 Å². The quantitative estimate of drug-likeness (QED) is 0.899. The number of aromatic nitrogens is 1. The number of benzene rings is 1. The SMILES string of the molecule is CCc1ccccc1NC(=O)c1ccc(N2CCC3(CC2)OCCO3)cn1. The fourth-order valence-electron chi connectivity index (χ4n) is 3.74. The summed E-state index contributed by atoms with van der Waals surface area (Å²) < 4.78 is 11.5. The zero-order chi connectivity index (χ0) is 18.7. The van der Waals surface area contributed by atoms with Crippen LogP contribution in [-0.2, 0) is 15.9 Å². The molecule has 142 valence electrons. The molecule has 2 saturated heterocycles. The second kappa shape index (κ2) is 7.66. The van der Waals surface area contributed by atoms with Gasteiger partial charge in [-0.15, -0.1) is 0 Å². The van der Waals surface area contributed by atoms with Gasteiger partial charge in [-0.2, -0.15) is 0 Å². The molecule has 0 bridgehead atoms. The van der Waals surface area contributed by atoms with Crippen molar-refractivity contribution < 1.29 is 14.3 Å². The van der Waals surface area contributed by atoms with Gasteiger partial charge in [-0.05, 0) is 30.2 Å². The molecule has 1 amide bonds. The molecule has 27 heavy (non-hydrogen) atoms. The van der Waals surface area contributed by atoms with Gasteiger partial charge in [0.25, 0.3) is 5.91 Å². The van der Waals surface area contributed by atoms with Crippen molar-refractivity contribution in [2.75, 3.05) is 36.5 Å². The summed E-state index contributed by atoms with van der Waals surface area (Å²) in [7, 11) is 0. The van der Waals surface area contributed by atoms with Crippen molar-refractivity contribution in [1.29, 1.82) is 0 Å². The smallest absolute Gasteiger partial charge is 0.274 e. The zero-order valence-electron chi connectivity index (χ0n) is 15.6. The largest absolute Gasteiger partial charge is 0.370 e. The Kier molecular flexibility index (Phi) is 5.09. The Morgan fingerprint density at radius 3 is 2.56 bits per heavy atom. The Labute approximate surface area is 159 Å². The first kappa shape index (κ1) is 17.9. The van der Waals surface area contributed by atoms with Crippen LogP contribution in [0.2, 0.25) is 0 Å². The monoisotopic (exact) mass is 367 g/mol. The third kappa shape index (κ3) is 3.82. The maximum Gasteiger partial charge on any atom is 0.274 e. The molecule has 2 aliphatic heterocycles. The van der Waals surface area contributed by atoms with Crippen LogP contribution in [0.5, 0.6) is 0 Å². The van der Waals surface area contributed by atoms with Crippen molar-refractivity contribution in [2.45, 2.75) is 32.0 Å². The van der Waals surface area contributed by atoms with Gasteiger partial charge in [0.05, 0.1) is 25.1 Å². The molecule has 2 fully saturated rings. The maximum absolute atomic E-state index is 12.5. The van der Waals surface area contributed by atoms with E-state index in [0.29, 0.717) is 18.9 Å². The van der Waals surface area contributed by atoms with Crippen LogP contribution < -0.4 is 10.2 Å². The minimum absolute atomic E-state index is 0.187. The number of nitrogens with zero attached hydrogens (tertiary/aromatic N) is 2. The van der Waals surface area contributed by atoms with Crippen LogP contribution >= 0.6 is 0 Å². The lowest BCUT2D eigenvalue weighted by molar-refractivity contribution is -0.169. The minimum atomic E-state index is -0.379. The van der Waals surface area contributed by atoms with Gasteiger partial charge < -0.3 is 19.7 Å². The van der Waals surface area contributed by atoms with E-state index in [0.717, 1.165) is 49.3 Å². The fourth-order valence-corrected chi connectivity index (χ4v) is 3.74. The predicted molar refractivity (Wildman–Crippen MR) is 104 cm³/mol. The normalized spacial score (nSPS) is 18.6. The summed E-state index contributed by atoms with van der Waals surface area (Å²) in [5, 5.41) is 2.96. The molecule has 1 aromatic carbocycles. The number of para-hydroxylation sites is 1. The molecule has 1 aromatic heterocycles. The molecule has 0 aliphatic carbocycles. The molecule has 0 saturated carbocycles. The summed E-state index contributed by atoms with van der Waals surface area (Å²) in [5.74, 6) is -0.566. The van der Waals surface area contributed by atoms with Crippen molar-refractivity contribution >= 4 is 17.3 Å². The predicted octanol–water partition coefficient (Wildman–Crippen LogP) is 3.24. The first-order valence-electron chi connectivity index (χ1n) is 9.57. The van der Waals surface area contributed by atoms with Gasteiger partial charge >= 0.3 is 0 Å². The topological polar surface area (TPSA) is 63.7 Å². The van der Waals surface area contributed by atoms with E-state index in [1.807, 2.05) is 30.3 Å². The summed E-state index contributed by atoms with van der Waals surface area (Å²) in [6, 6.07) is 11.6. The van der Waals surface area contributed by atoms with E-state index in [4.69, 9.17) is 9.47 Å². The first-order chi connectivity index (χ1) is 13.2. The van der Waals surface area contributed by atoms with Gasteiger partial charge in [0.1, 0.15) is 5.69 Å². The molecule has 6 nitrogen and oxygen atoms in total. The van der Waals surface area contributed by atoms with E-state index in [1.165, 1.54) is 0 Å². The Morgan fingerprint density at radius 1 is 1.15 bits per heavy atom. The number of ether oxygens (including phenoxy) is 2. The maximum atomic E-state index is 12.5. The Balaban J connectivity index is 1.39. The van der Waals surface area contributed by atoms with E-state index < -0.39 is 0 Å². The third-order valence-electron chi connectivity index (χ3n) is 5.33. The summed E-state index contributed by atoms with van der Waals surface area (Å²) in [6.07, 6.45) is 4.34. The van der Waals surface area contributed by atoms with E-state index >= 15 is 0 Å². The average molecular weight is 367 g/mol. The summed E-state index contributed by atoms with van der Waals surface area (Å²) in [5.41, 5.74) is 3.39. The van der Waals surface area contributed by atoms with Gasteiger partial charge in [-0.3, -0.25) is 4.79 Å². The lowest BCUT2D eigenvalue weighted by Gasteiger charge is -2.38. The molecule has 2 aliphatic rings. The zero-order valence-corrected chi connectivity index (χ0v) is 15.6. The number of carbonyl (C=O) groups is 1. The number of hydrogen-bond donors (Lipinski definition) is 1. The van der Waals surface area contributed by atoms with Crippen molar-refractivity contribution in [2.24, 2.45) is 0 Å². The van der Waals surface area contributed by atoms with Crippen LogP contribution in [0.15, 0.2) is 42.6 Å². The number of rotatable bonds is 4. The second-order valence-corrected chi connectivity index (χ2v) is 6.96. The highest BCUT2D eigenvalue weighted by atomic mass is 16.7. The molecule has 6 heteroatoms. The van der Waals surface area contributed by atoms with Crippen LogP contribution in [0.3, 0.4) is 0 Å². The van der Waals surface area contributed by atoms with Crippen molar-refractivity contribution in [3.05, 3.63) is 53.9 Å². The molecular weight excluding hydrogens is 342 g/mol. The summed E-state index contributed by atoms with van der Waals surface area (Å²) >= 11 is 0. The van der Waals surface area contributed by atoms with Crippen LogP contribution in [0.4, 0.5) is 11.4 Å². The van der Waals surface area contributed by atoms with Gasteiger partial charge in [-0.25, -0.2) is 4.98 Å². The first-order valence-corrected chi connectivity index (χ1v) is 9.57. The molecule has 1 N–H and O–H groups in total. The van der Waals surface area contributed by atoms with E-state index in [1.54, 1.807) is 12.3 Å². The molecular formula is C21H25N3O3. The lowest BCUT2D eigenvalue weighted by Crippen LogP contribution is -2.45. The van der Waals surface area contributed by atoms with Crippen molar-refractivity contribution in [3.8, 4) is 0 Å². The second-order valence-electron chi connectivity index (χ2n) is 6.96. The summed E-state index contributed by atoms with van der Waals surface area (Å²) in [6.45, 7) is 5.16. The Hall–Kier alpha value is -2.44. The standard InChI is InChI=1S/C21H25N3O3/c1-2-16-5-3-4-6-18(16)23-20(25)19-8-7-17(15-22-19)24-11-9-21(10-12-24)26-13-14-27-21/h3-8,15H,2,9-14H2,1H3,(H,23,25). The highest BCUT2D eigenvalue weighted by Crippen LogP contribution is 2.33. The number of anilines is 2. The highest BCUT2D eigenvalue weighted by Gasteiger charge is 2.39. The molecule has 0 unspecified atom stereocenters. The van der Waals surface area contributed by atoms with E-state index in [-0.39, 0.29) is 11.7 Å². The number of aryl methyl sites for hydroxylation is 1. The average Bonchev–Trinajstić information content (AvgIpc) is 3.17. The molecule has 4 rings (SSSR count). The van der Waals surface area contributed by atoms with Gasteiger partial charge in [0.2, 0.25) is 0 Å². The molecule has 2 aromatic rings. The molecule has 3 heterocycles. The van der Waals surface area contributed by atoms with E-state index in [9.17, 15) is 4.79 Å².